The standard InChI is InChI=1S/C13H14BrN3O2S/c1-7-8(2)19-13(16-7)20-6-10-4-3-9(5-11(10)14)12(18)17-15/h3-5H,6,15H2,1-2H3,(H,17,18). The van der Waals surface area contributed by atoms with Gasteiger partial charge in [-0.3, -0.25) is 10.2 Å². The molecule has 1 heterocycles. The van der Waals surface area contributed by atoms with Gasteiger partial charge in [-0.15, -0.1) is 0 Å². The zero-order valence-corrected chi connectivity index (χ0v) is 13.5. The van der Waals surface area contributed by atoms with Crippen molar-refractivity contribution in [3.63, 3.8) is 0 Å². The van der Waals surface area contributed by atoms with Crippen molar-refractivity contribution >= 4 is 33.6 Å². The predicted molar refractivity (Wildman–Crippen MR) is 81.3 cm³/mol. The number of hydrogen-bond acceptors (Lipinski definition) is 5. The van der Waals surface area contributed by atoms with Crippen LogP contribution in [0.2, 0.25) is 0 Å². The Hall–Kier alpha value is -1.31. The van der Waals surface area contributed by atoms with Crippen LogP contribution in [-0.4, -0.2) is 10.9 Å². The van der Waals surface area contributed by atoms with Gasteiger partial charge >= 0.3 is 0 Å². The molecule has 0 spiro atoms. The van der Waals surface area contributed by atoms with E-state index in [4.69, 9.17) is 10.3 Å². The normalized spacial score (nSPS) is 10.6. The molecule has 0 atom stereocenters. The van der Waals surface area contributed by atoms with Crippen LogP contribution >= 0.6 is 27.7 Å². The summed E-state index contributed by atoms with van der Waals surface area (Å²) in [5, 5.41) is 0.649. The minimum atomic E-state index is -0.316. The van der Waals surface area contributed by atoms with Gasteiger partial charge < -0.3 is 4.42 Å². The largest absolute Gasteiger partial charge is 0.437 e. The van der Waals surface area contributed by atoms with Gasteiger partial charge in [-0.25, -0.2) is 10.8 Å². The van der Waals surface area contributed by atoms with E-state index >= 15 is 0 Å². The van der Waals surface area contributed by atoms with E-state index in [0.717, 1.165) is 21.5 Å². The molecule has 2 aromatic rings. The van der Waals surface area contributed by atoms with Crippen LogP contribution in [0, 0.1) is 13.8 Å². The quantitative estimate of drug-likeness (QED) is 0.381. The molecular formula is C13H14BrN3O2S. The topological polar surface area (TPSA) is 81.2 Å². The molecule has 2 rings (SSSR count). The summed E-state index contributed by atoms with van der Waals surface area (Å²) < 4.78 is 6.36. The molecule has 0 unspecified atom stereocenters. The summed E-state index contributed by atoms with van der Waals surface area (Å²) in [5.41, 5.74) is 4.57. The Kier molecular flexibility index (Phi) is 4.85. The van der Waals surface area contributed by atoms with Gasteiger partial charge in [0.05, 0.1) is 5.69 Å². The third-order valence-corrected chi connectivity index (χ3v) is 4.42. The summed E-state index contributed by atoms with van der Waals surface area (Å²) in [5.74, 6) is 6.32. The summed E-state index contributed by atoms with van der Waals surface area (Å²) in [6.45, 7) is 3.81. The highest BCUT2D eigenvalue weighted by atomic mass is 79.9. The predicted octanol–water partition coefficient (Wildman–Crippen LogP) is 2.95. The molecule has 0 radical (unpaired) electrons. The Bertz CT molecular complexity index is 623. The maximum absolute atomic E-state index is 11.4. The maximum Gasteiger partial charge on any atom is 0.265 e. The third kappa shape index (κ3) is 3.41. The van der Waals surface area contributed by atoms with Crippen molar-refractivity contribution in [2.45, 2.75) is 24.8 Å². The lowest BCUT2D eigenvalue weighted by atomic mass is 10.1. The molecule has 1 amide bonds. The Morgan fingerprint density at radius 1 is 1.50 bits per heavy atom. The zero-order valence-electron chi connectivity index (χ0n) is 11.1. The molecule has 1 aromatic carbocycles. The highest BCUT2D eigenvalue weighted by molar-refractivity contribution is 9.10. The van der Waals surface area contributed by atoms with Gasteiger partial charge in [0.2, 0.25) is 0 Å². The molecule has 7 heteroatoms. The Morgan fingerprint density at radius 3 is 2.80 bits per heavy atom. The van der Waals surface area contributed by atoms with Crippen molar-refractivity contribution in [1.29, 1.82) is 0 Å². The van der Waals surface area contributed by atoms with E-state index in [-0.39, 0.29) is 5.91 Å². The zero-order chi connectivity index (χ0) is 14.7. The summed E-state index contributed by atoms with van der Waals surface area (Å²) >= 11 is 4.96. The van der Waals surface area contributed by atoms with Crippen molar-refractivity contribution in [2.75, 3.05) is 0 Å². The second kappa shape index (κ2) is 6.43. The number of hydrazine groups is 1. The third-order valence-electron chi connectivity index (χ3n) is 2.81. The van der Waals surface area contributed by atoms with E-state index in [1.807, 2.05) is 19.9 Å². The lowest BCUT2D eigenvalue weighted by Crippen LogP contribution is -2.29. The number of halogens is 1. The van der Waals surface area contributed by atoms with Crippen LogP contribution in [0.4, 0.5) is 0 Å². The van der Waals surface area contributed by atoms with E-state index in [1.165, 1.54) is 11.8 Å². The minimum Gasteiger partial charge on any atom is -0.437 e. The number of amides is 1. The molecule has 0 saturated carbocycles. The first-order valence-electron chi connectivity index (χ1n) is 5.87. The SMILES string of the molecule is Cc1nc(SCc2ccc(C(=O)NN)cc2Br)oc1C. The van der Waals surface area contributed by atoms with E-state index in [9.17, 15) is 4.79 Å². The van der Waals surface area contributed by atoms with Gasteiger partial charge in [0.15, 0.2) is 0 Å². The smallest absolute Gasteiger partial charge is 0.265 e. The van der Waals surface area contributed by atoms with E-state index in [0.29, 0.717) is 16.5 Å². The highest BCUT2D eigenvalue weighted by Gasteiger charge is 2.10. The lowest BCUT2D eigenvalue weighted by molar-refractivity contribution is 0.0953. The van der Waals surface area contributed by atoms with Crippen molar-refractivity contribution in [3.8, 4) is 0 Å². The number of carbonyl (C=O) groups excluding carboxylic acids is 1. The molecule has 20 heavy (non-hydrogen) atoms. The van der Waals surface area contributed by atoms with Crippen LogP contribution in [0.25, 0.3) is 0 Å². The number of nitrogens with zero attached hydrogens (tertiary/aromatic N) is 1. The molecule has 0 aliphatic carbocycles. The van der Waals surface area contributed by atoms with Crippen molar-refractivity contribution in [3.05, 3.63) is 45.3 Å². The van der Waals surface area contributed by atoms with Crippen LogP contribution in [0.3, 0.4) is 0 Å². The first-order valence-corrected chi connectivity index (χ1v) is 7.65. The molecule has 0 aliphatic heterocycles. The Morgan fingerprint density at radius 2 is 2.25 bits per heavy atom. The van der Waals surface area contributed by atoms with E-state index in [2.05, 4.69) is 26.3 Å². The van der Waals surface area contributed by atoms with Gasteiger partial charge in [-0.05, 0) is 31.5 Å². The second-order valence-electron chi connectivity index (χ2n) is 4.19. The number of nitrogens with one attached hydrogen (secondary N) is 1. The maximum atomic E-state index is 11.4. The fourth-order valence-electron chi connectivity index (χ4n) is 1.53. The number of aromatic nitrogens is 1. The first kappa shape index (κ1) is 15.1. The molecule has 3 N–H and O–H groups in total. The Balaban J connectivity index is 2.08. The molecule has 106 valence electrons. The fourth-order valence-corrected chi connectivity index (χ4v) is 3.15. The summed E-state index contributed by atoms with van der Waals surface area (Å²) in [6, 6.07) is 5.35. The van der Waals surface area contributed by atoms with Gasteiger partial charge in [0.1, 0.15) is 5.76 Å². The van der Waals surface area contributed by atoms with Crippen LogP contribution in [-0.2, 0) is 5.75 Å². The van der Waals surface area contributed by atoms with E-state index in [1.54, 1.807) is 12.1 Å². The van der Waals surface area contributed by atoms with Gasteiger partial charge in [-0.2, -0.15) is 0 Å². The number of hydrogen-bond donors (Lipinski definition) is 2. The van der Waals surface area contributed by atoms with Crippen LogP contribution in [0.1, 0.15) is 27.4 Å². The number of oxazole rings is 1. The number of thioether (sulfide) groups is 1. The molecule has 0 saturated heterocycles. The minimum absolute atomic E-state index is 0.316. The van der Waals surface area contributed by atoms with Crippen molar-refractivity contribution < 1.29 is 9.21 Å². The molecule has 1 aromatic heterocycles. The number of nitrogen functional groups attached to an aromatic ring is 1. The van der Waals surface area contributed by atoms with Crippen molar-refractivity contribution in [2.24, 2.45) is 5.84 Å². The van der Waals surface area contributed by atoms with Gasteiger partial charge in [-0.1, -0.05) is 33.8 Å². The monoisotopic (exact) mass is 355 g/mol. The Labute approximate surface area is 129 Å². The lowest BCUT2D eigenvalue weighted by Gasteiger charge is -2.05. The van der Waals surface area contributed by atoms with E-state index < -0.39 is 0 Å². The molecule has 0 fully saturated rings. The number of carbonyl (C=O) groups is 1. The first-order chi connectivity index (χ1) is 9.51. The summed E-state index contributed by atoms with van der Waals surface area (Å²) in [6.07, 6.45) is 0. The molecule has 5 nitrogen and oxygen atoms in total. The number of benzene rings is 1. The summed E-state index contributed by atoms with van der Waals surface area (Å²) in [4.78, 5) is 15.7. The van der Waals surface area contributed by atoms with Crippen LogP contribution < -0.4 is 11.3 Å². The number of aryl methyl sites for hydroxylation is 2. The van der Waals surface area contributed by atoms with Crippen LogP contribution in [0.15, 0.2) is 32.3 Å². The fraction of sp³-hybridized carbons (Fsp3) is 0.231. The van der Waals surface area contributed by atoms with Crippen molar-refractivity contribution in [1.82, 2.24) is 10.4 Å². The second-order valence-corrected chi connectivity index (χ2v) is 5.97. The molecule has 0 aliphatic rings. The highest BCUT2D eigenvalue weighted by Crippen LogP contribution is 2.28. The number of nitrogens with two attached hydrogens (primary N) is 1. The van der Waals surface area contributed by atoms with Gasteiger partial charge in [0, 0.05) is 15.8 Å². The summed E-state index contributed by atoms with van der Waals surface area (Å²) in [7, 11) is 0. The average molecular weight is 356 g/mol. The van der Waals surface area contributed by atoms with Crippen LogP contribution in [0.5, 0.6) is 0 Å². The molecule has 0 bridgehead atoms. The van der Waals surface area contributed by atoms with Gasteiger partial charge in [0.25, 0.3) is 11.1 Å². The molecular weight excluding hydrogens is 342 g/mol. The average Bonchev–Trinajstić information content (AvgIpc) is 2.75. The number of rotatable bonds is 4.